The van der Waals surface area contributed by atoms with Crippen molar-refractivity contribution in [1.82, 2.24) is 10.2 Å². The van der Waals surface area contributed by atoms with Gasteiger partial charge in [0.15, 0.2) is 0 Å². The second-order valence-corrected chi connectivity index (χ2v) is 7.88. The van der Waals surface area contributed by atoms with Gasteiger partial charge in [0.1, 0.15) is 0 Å². The first-order valence-electron chi connectivity index (χ1n) is 8.38. The zero-order chi connectivity index (χ0) is 15.6. The SMILES string of the molecule is CC1CCC(N(C(=O)CNC(=O)C(C)(C)C)C2CC2)CC1. The fraction of sp³-hybridized carbons (Fsp3) is 0.882. The minimum absolute atomic E-state index is 0.0520. The lowest BCUT2D eigenvalue weighted by molar-refractivity contribution is -0.137. The van der Waals surface area contributed by atoms with Gasteiger partial charge in [0.2, 0.25) is 11.8 Å². The summed E-state index contributed by atoms with van der Waals surface area (Å²) in [6.45, 7) is 8.05. The summed E-state index contributed by atoms with van der Waals surface area (Å²) in [5.41, 5.74) is -0.440. The number of hydrogen-bond donors (Lipinski definition) is 1. The van der Waals surface area contributed by atoms with Crippen LogP contribution in [0.5, 0.6) is 0 Å². The van der Waals surface area contributed by atoms with Crippen LogP contribution in [0.25, 0.3) is 0 Å². The number of carbonyl (C=O) groups excluding carboxylic acids is 2. The molecule has 0 aromatic rings. The van der Waals surface area contributed by atoms with Crippen molar-refractivity contribution in [3.8, 4) is 0 Å². The van der Waals surface area contributed by atoms with Crippen LogP contribution in [0.15, 0.2) is 0 Å². The fourth-order valence-corrected chi connectivity index (χ4v) is 3.09. The van der Waals surface area contributed by atoms with E-state index in [4.69, 9.17) is 0 Å². The summed E-state index contributed by atoms with van der Waals surface area (Å²) in [5.74, 6) is 0.844. The summed E-state index contributed by atoms with van der Waals surface area (Å²) in [7, 11) is 0. The first kappa shape index (κ1) is 16.3. The van der Waals surface area contributed by atoms with E-state index in [0.717, 1.165) is 31.6 Å². The van der Waals surface area contributed by atoms with E-state index in [1.807, 2.05) is 20.8 Å². The highest BCUT2D eigenvalue weighted by Gasteiger charge is 2.38. The van der Waals surface area contributed by atoms with Gasteiger partial charge in [-0.1, -0.05) is 27.7 Å². The van der Waals surface area contributed by atoms with Gasteiger partial charge in [-0.2, -0.15) is 0 Å². The van der Waals surface area contributed by atoms with Crippen molar-refractivity contribution >= 4 is 11.8 Å². The molecule has 0 aromatic carbocycles. The lowest BCUT2D eigenvalue weighted by Crippen LogP contribution is -2.49. The third kappa shape index (κ3) is 4.45. The molecule has 0 bridgehead atoms. The molecule has 4 heteroatoms. The van der Waals surface area contributed by atoms with Gasteiger partial charge in [-0.25, -0.2) is 0 Å². The molecule has 0 unspecified atom stereocenters. The van der Waals surface area contributed by atoms with Crippen molar-refractivity contribution in [3.05, 3.63) is 0 Å². The molecular weight excluding hydrogens is 264 g/mol. The highest BCUT2D eigenvalue weighted by Crippen LogP contribution is 2.35. The summed E-state index contributed by atoms with van der Waals surface area (Å²) in [4.78, 5) is 26.6. The lowest BCUT2D eigenvalue weighted by atomic mass is 9.86. The minimum atomic E-state index is -0.440. The molecule has 4 nitrogen and oxygen atoms in total. The van der Waals surface area contributed by atoms with Gasteiger partial charge in [0, 0.05) is 17.5 Å². The first-order chi connectivity index (χ1) is 9.79. The Bertz CT molecular complexity index is 388. The van der Waals surface area contributed by atoms with Crippen molar-refractivity contribution in [3.63, 3.8) is 0 Å². The van der Waals surface area contributed by atoms with E-state index in [-0.39, 0.29) is 18.4 Å². The number of hydrogen-bond acceptors (Lipinski definition) is 2. The molecule has 2 rings (SSSR count). The number of rotatable bonds is 4. The van der Waals surface area contributed by atoms with Gasteiger partial charge in [-0.05, 0) is 44.4 Å². The Kier molecular flexibility index (Phi) is 4.95. The summed E-state index contributed by atoms with van der Waals surface area (Å²) in [6.07, 6.45) is 6.94. The monoisotopic (exact) mass is 294 g/mol. The lowest BCUT2D eigenvalue weighted by Gasteiger charge is -2.36. The molecule has 0 aliphatic heterocycles. The quantitative estimate of drug-likeness (QED) is 0.866. The Labute approximate surface area is 128 Å². The van der Waals surface area contributed by atoms with Crippen molar-refractivity contribution in [1.29, 1.82) is 0 Å². The molecule has 1 N–H and O–H groups in total. The Morgan fingerprint density at radius 1 is 1.00 bits per heavy atom. The van der Waals surface area contributed by atoms with Crippen LogP contribution in [0.2, 0.25) is 0 Å². The first-order valence-corrected chi connectivity index (χ1v) is 8.38. The average Bonchev–Trinajstić information content (AvgIpc) is 3.22. The third-order valence-electron chi connectivity index (χ3n) is 4.69. The molecule has 0 spiro atoms. The molecule has 0 radical (unpaired) electrons. The van der Waals surface area contributed by atoms with Crippen LogP contribution in [-0.4, -0.2) is 35.3 Å². The predicted octanol–water partition coefficient (Wildman–Crippen LogP) is 2.72. The Hall–Kier alpha value is -1.06. The van der Waals surface area contributed by atoms with E-state index < -0.39 is 5.41 Å². The maximum atomic E-state index is 12.5. The molecule has 120 valence electrons. The van der Waals surface area contributed by atoms with Crippen molar-refractivity contribution in [2.75, 3.05) is 6.54 Å². The number of amides is 2. The van der Waals surface area contributed by atoms with Crippen molar-refractivity contribution < 1.29 is 9.59 Å². The number of carbonyl (C=O) groups is 2. The zero-order valence-electron chi connectivity index (χ0n) is 13.9. The minimum Gasteiger partial charge on any atom is -0.347 e. The van der Waals surface area contributed by atoms with Gasteiger partial charge in [-0.15, -0.1) is 0 Å². The van der Waals surface area contributed by atoms with E-state index in [0.29, 0.717) is 12.1 Å². The van der Waals surface area contributed by atoms with E-state index >= 15 is 0 Å². The van der Waals surface area contributed by atoms with Crippen LogP contribution >= 0.6 is 0 Å². The Morgan fingerprint density at radius 2 is 1.48 bits per heavy atom. The Morgan fingerprint density at radius 3 is 1.90 bits per heavy atom. The van der Waals surface area contributed by atoms with Crippen LogP contribution in [0.4, 0.5) is 0 Å². The highest BCUT2D eigenvalue weighted by atomic mass is 16.2. The molecule has 2 fully saturated rings. The summed E-state index contributed by atoms with van der Waals surface area (Å²) in [6, 6.07) is 0.829. The van der Waals surface area contributed by atoms with Crippen LogP contribution in [0, 0.1) is 11.3 Å². The molecule has 21 heavy (non-hydrogen) atoms. The highest BCUT2D eigenvalue weighted by molar-refractivity contribution is 5.87. The average molecular weight is 294 g/mol. The molecular formula is C17H30N2O2. The summed E-state index contributed by atoms with van der Waals surface area (Å²) >= 11 is 0. The van der Waals surface area contributed by atoms with E-state index in [1.165, 1.54) is 12.8 Å². The number of nitrogens with one attached hydrogen (secondary N) is 1. The molecule has 0 heterocycles. The maximum Gasteiger partial charge on any atom is 0.242 e. The largest absolute Gasteiger partial charge is 0.347 e. The van der Waals surface area contributed by atoms with Crippen LogP contribution in [0.3, 0.4) is 0 Å². The molecule has 2 aliphatic rings. The van der Waals surface area contributed by atoms with Crippen LogP contribution < -0.4 is 5.32 Å². The van der Waals surface area contributed by atoms with Crippen LogP contribution in [0.1, 0.15) is 66.2 Å². The molecule has 0 aromatic heterocycles. The van der Waals surface area contributed by atoms with Gasteiger partial charge in [0.05, 0.1) is 6.54 Å². The molecule has 0 saturated heterocycles. The van der Waals surface area contributed by atoms with Gasteiger partial charge >= 0.3 is 0 Å². The van der Waals surface area contributed by atoms with Crippen molar-refractivity contribution in [2.24, 2.45) is 11.3 Å². The van der Waals surface area contributed by atoms with E-state index in [1.54, 1.807) is 0 Å². The van der Waals surface area contributed by atoms with Gasteiger partial charge < -0.3 is 10.2 Å². The zero-order valence-corrected chi connectivity index (χ0v) is 13.9. The molecule has 2 aliphatic carbocycles. The summed E-state index contributed by atoms with van der Waals surface area (Å²) < 4.78 is 0. The van der Waals surface area contributed by atoms with Gasteiger partial charge in [0.25, 0.3) is 0 Å². The van der Waals surface area contributed by atoms with Crippen LogP contribution in [-0.2, 0) is 9.59 Å². The molecule has 2 amide bonds. The molecule has 0 atom stereocenters. The second kappa shape index (κ2) is 6.37. The van der Waals surface area contributed by atoms with Gasteiger partial charge in [-0.3, -0.25) is 9.59 Å². The number of nitrogens with zero attached hydrogens (tertiary/aromatic N) is 1. The standard InChI is InChI=1S/C17H30N2O2/c1-12-5-7-13(8-6-12)19(14-9-10-14)15(20)11-18-16(21)17(2,3)4/h12-14H,5-11H2,1-4H3,(H,18,21). The predicted molar refractivity (Wildman–Crippen MR) is 83.8 cm³/mol. The van der Waals surface area contributed by atoms with E-state index in [9.17, 15) is 9.59 Å². The maximum absolute atomic E-state index is 12.5. The normalized spacial score (nSPS) is 26.3. The fourth-order valence-electron chi connectivity index (χ4n) is 3.09. The molecule has 2 saturated carbocycles. The van der Waals surface area contributed by atoms with Crippen molar-refractivity contribution in [2.45, 2.75) is 78.3 Å². The second-order valence-electron chi connectivity index (χ2n) is 7.88. The summed E-state index contributed by atoms with van der Waals surface area (Å²) in [5, 5.41) is 2.80. The Balaban J connectivity index is 1.89. The smallest absolute Gasteiger partial charge is 0.242 e. The third-order valence-corrected chi connectivity index (χ3v) is 4.69. The topological polar surface area (TPSA) is 49.4 Å². The van der Waals surface area contributed by atoms with E-state index in [2.05, 4.69) is 17.1 Å².